The zero-order chi connectivity index (χ0) is 16.8. The second kappa shape index (κ2) is 7.68. The number of phenolic OH excluding ortho intramolecular Hbond substituents is 2. The van der Waals surface area contributed by atoms with Gasteiger partial charge in [0.2, 0.25) is 5.91 Å². The molecule has 122 valence electrons. The minimum Gasteiger partial charge on any atom is -0.508 e. The fraction of sp³-hybridized carbons (Fsp3) is 0.316. The average molecular weight is 313 g/mol. The molecule has 0 spiro atoms. The van der Waals surface area contributed by atoms with Gasteiger partial charge in [-0.3, -0.25) is 4.79 Å². The summed E-state index contributed by atoms with van der Waals surface area (Å²) in [6.45, 7) is 5.27. The molecule has 0 fully saturated rings. The average Bonchev–Trinajstić information content (AvgIpc) is 2.56. The molecule has 2 aromatic carbocycles. The molecule has 1 amide bonds. The molecule has 0 aliphatic rings. The van der Waals surface area contributed by atoms with E-state index in [4.69, 9.17) is 0 Å². The zero-order valence-electron chi connectivity index (χ0n) is 13.6. The van der Waals surface area contributed by atoms with E-state index >= 15 is 0 Å². The van der Waals surface area contributed by atoms with Crippen molar-refractivity contribution in [1.29, 1.82) is 0 Å². The van der Waals surface area contributed by atoms with Crippen molar-refractivity contribution >= 4 is 5.91 Å². The first-order valence-electron chi connectivity index (χ1n) is 7.90. The molecule has 0 radical (unpaired) electrons. The molecule has 2 rings (SSSR count). The van der Waals surface area contributed by atoms with E-state index in [9.17, 15) is 15.0 Å². The lowest BCUT2D eigenvalue weighted by Gasteiger charge is -2.25. The van der Waals surface area contributed by atoms with Gasteiger partial charge in [-0.2, -0.15) is 0 Å². The van der Waals surface area contributed by atoms with Crippen LogP contribution in [0.2, 0.25) is 0 Å². The number of benzene rings is 2. The van der Waals surface area contributed by atoms with Crippen molar-refractivity contribution in [2.45, 2.75) is 26.2 Å². The molecule has 2 N–H and O–H groups in total. The maximum atomic E-state index is 12.9. The second-order valence-corrected chi connectivity index (χ2v) is 5.53. The summed E-state index contributed by atoms with van der Waals surface area (Å²) in [5.74, 6) is 0.172. The summed E-state index contributed by atoms with van der Waals surface area (Å²) in [6.07, 6.45) is 0.556. The lowest BCUT2D eigenvalue weighted by Crippen LogP contribution is -2.35. The molecule has 0 aliphatic carbocycles. The number of nitrogens with zero attached hydrogens (tertiary/aromatic N) is 1. The van der Waals surface area contributed by atoms with Crippen molar-refractivity contribution in [3.8, 4) is 11.5 Å². The Bertz CT molecular complexity index is 631. The summed E-state index contributed by atoms with van der Waals surface area (Å²) >= 11 is 0. The van der Waals surface area contributed by atoms with Crippen molar-refractivity contribution in [3.05, 3.63) is 59.7 Å². The first-order chi connectivity index (χ1) is 11.0. The molecule has 0 heterocycles. The highest BCUT2D eigenvalue weighted by Gasteiger charge is 2.24. The predicted molar refractivity (Wildman–Crippen MR) is 90.6 cm³/mol. The number of carbonyl (C=O) groups is 1. The summed E-state index contributed by atoms with van der Waals surface area (Å²) in [5, 5.41) is 18.9. The summed E-state index contributed by atoms with van der Waals surface area (Å²) < 4.78 is 0. The van der Waals surface area contributed by atoms with Crippen LogP contribution in [0.25, 0.3) is 0 Å². The number of hydrogen-bond donors (Lipinski definition) is 2. The molecule has 0 aromatic heterocycles. The Morgan fingerprint density at radius 2 is 1.39 bits per heavy atom. The van der Waals surface area contributed by atoms with E-state index in [2.05, 4.69) is 0 Å². The van der Waals surface area contributed by atoms with E-state index in [1.165, 1.54) is 0 Å². The molecule has 0 bridgehead atoms. The summed E-state index contributed by atoms with van der Waals surface area (Å²) in [4.78, 5) is 14.7. The van der Waals surface area contributed by atoms with Crippen LogP contribution in [0.5, 0.6) is 11.5 Å². The van der Waals surface area contributed by atoms with E-state index in [1.54, 1.807) is 36.4 Å². The van der Waals surface area contributed by atoms with Gasteiger partial charge in [-0.15, -0.1) is 0 Å². The molecule has 4 heteroatoms. The van der Waals surface area contributed by atoms with Gasteiger partial charge in [-0.1, -0.05) is 24.3 Å². The Balaban J connectivity index is 2.32. The zero-order valence-corrected chi connectivity index (χ0v) is 13.6. The summed E-state index contributed by atoms with van der Waals surface area (Å²) in [6, 6.07) is 13.7. The van der Waals surface area contributed by atoms with Crippen molar-refractivity contribution in [1.82, 2.24) is 4.90 Å². The van der Waals surface area contributed by atoms with E-state index in [1.807, 2.05) is 30.9 Å². The highest BCUT2D eigenvalue weighted by molar-refractivity contribution is 5.84. The van der Waals surface area contributed by atoms with Crippen LogP contribution in [0.1, 0.15) is 30.9 Å². The predicted octanol–water partition coefficient (Wildman–Crippen LogP) is 3.29. The minimum absolute atomic E-state index is 0.0776. The van der Waals surface area contributed by atoms with Crippen LogP contribution in [0.4, 0.5) is 0 Å². The Labute approximate surface area is 137 Å². The van der Waals surface area contributed by atoms with E-state index in [-0.39, 0.29) is 23.3 Å². The number of aromatic hydroxyl groups is 2. The van der Waals surface area contributed by atoms with Crippen LogP contribution >= 0.6 is 0 Å². The van der Waals surface area contributed by atoms with Crippen LogP contribution in [0.15, 0.2) is 48.5 Å². The van der Waals surface area contributed by atoms with Crippen molar-refractivity contribution in [3.63, 3.8) is 0 Å². The monoisotopic (exact) mass is 313 g/mol. The van der Waals surface area contributed by atoms with Crippen molar-refractivity contribution in [2.75, 3.05) is 13.1 Å². The molecule has 4 nitrogen and oxygen atoms in total. The van der Waals surface area contributed by atoms with Gasteiger partial charge in [-0.05, 0) is 55.7 Å². The Morgan fingerprint density at radius 3 is 1.87 bits per heavy atom. The third-order valence-electron chi connectivity index (χ3n) is 4.04. The minimum atomic E-state index is -0.306. The van der Waals surface area contributed by atoms with E-state index in [0.29, 0.717) is 19.5 Å². The second-order valence-electron chi connectivity index (χ2n) is 5.53. The van der Waals surface area contributed by atoms with E-state index in [0.717, 1.165) is 11.1 Å². The number of rotatable bonds is 6. The smallest absolute Gasteiger partial charge is 0.230 e. The first-order valence-corrected chi connectivity index (χ1v) is 7.90. The first kappa shape index (κ1) is 16.9. The SMILES string of the molecule is CCN(CC)C(=O)C(Cc1ccc(O)cc1)c1ccc(O)cc1. The largest absolute Gasteiger partial charge is 0.508 e. The highest BCUT2D eigenvalue weighted by atomic mass is 16.3. The Hall–Kier alpha value is -2.49. The van der Waals surface area contributed by atoms with Gasteiger partial charge in [0.05, 0.1) is 5.92 Å². The van der Waals surface area contributed by atoms with Crippen LogP contribution in [-0.4, -0.2) is 34.1 Å². The lowest BCUT2D eigenvalue weighted by molar-refractivity contribution is -0.132. The maximum absolute atomic E-state index is 12.9. The van der Waals surface area contributed by atoms with Gasteiger partial charge >= 0.3 is 0 Å². The fourth-order valence-electron chi connectivity index (χ4n) is 2.68. The molecule has 1 unspecified atom stereocenters. The van der Waals surface area contributed by atoms with Gasteiger partial charge in [0.25, 0.3) is 0 Å². The Morgan fingerprint density at radius 1 is 0.913 bits per heavy atom. The van der Waals surface area contributed by atoms with Gasteiger partial charge in [0.15, 0.2) is 0 Å². The standard InChI is InChI=1S/C19H23NO3/c1-3-20(4-2)19(23)18(15-7-11-17(22)12-8-15)13-14-5-9-16(21)10-6-14/h5-12,18,21-22H,3-4,13H2,1-2H3. The normalized spacial score (nSPS) is 11.9. The molecular formula is C19H23NO3. The number of hydrogen-bond acceptors (Lipinski definition) is 3. The summed E-state index contributed by atoms with van der Waals surface area (Å²) in [5.41, 5.74) is 1.87. The third-order valence-corrected chi connectivity index (χ3v) is 4.04. The lowest BCUT2D eigenvalue weighted by atomic mass is 9.90. The van der Waals surface area contributed by atoms with Crippen LogP contribution in [0.3, 0.4) is 0 Å². The van der Waals surface area contributed by atoms with E-state index < -0.39 is 0 Å². The number of phenols is 2. The quantitative estimate of drug-likeness (QED) is 0.860. The van der Waals surface area contributed by atoms with Gasteiger partial charge in [0.1, 0.15) is 11.5 Å². The molecule has 0 saturated heterocycles. The molecule has 23 heavy (non-hydrogen) atoms. The number of amides is 1. The number of likely N-dealkylation sites (N-methyl/N-ethyl adjacent to an activating group) is 1. The fourth-order valence-corrected chi connectivity index (χ4v) is 2.68. The molecular weight excluding hydrogens is 290 g/mol. The van der Waals surface area contributed by atoms with Crippen LogP contribution in [0, 0.1) is 0 Å². The van der Waals surface area contributed by atoms with Gasteiger partial charge in [0, 0.05) is 13.1 Å². The summed E-state index contributed by atoms with van der Waals surface area (Å²) in [7, 11) is 0. The molecule has 0 aliphatic heterocycles. The highest BCUT2D eigenvalue weighted by Crippen LogP contribution is 2.26. The number of carbonyl (C=O) groups excluding carboxylic acids is 1. The maximum Gasteiger partial charge on any atom is 0.230 e. The third kappa shape index (κ3) is 4.25. The molecule has 2 aromatic rings. The van der Waals surface area contributed by atoms with Gasteiger partial charge < -0.3 is 15.1 Å². The van der Waals surface area contributed by atoms with Crippen LogP contribution in [-0.2, 0) is 11.2 Å². The van der Waals surface area contributed by atoms with Crippen LogP contribution < -0.4 is 0 Å². The van der Waals surface area contributed by atoms with Crippen molar-refractivity contribution in [2.24, 2.45) is 0 Å². The Kier molecular flexibility index (Phi) is 5.63. The van der Waals surface area contributed by atoms with Crippen molar-refractivity contribution < 1.29 is 15.0 Å². The molecule has 1 atom stereocenters. The topological polar surface area (TPSA) is 60.8 Å². The van der Waals surface area contributed by atoms with Gasteiger partial charge in [-0.25, -0.2) is 0 Å². The molecule has 0 saturated carbocycles.